The molecule has 0 unspecified atom stereocenters. The van der Waals surface area contributed by atoms with Gasteiger partial charge in [-0.3, -0.25) is 0 Å². The van der Waals surface area contributed by atoms with Crippen LogP contribution in [0.3, 0.4) is 0 Å². The minimum Gasteiger partial charge on any atom is -0.381 e. The normalized spacial score (nSPS) is 20.2. The van der Waals surface area contributed by atoms with Crippen LogP contribution >= 0.6 is 0 Å². The van der Waals surface area contributed by atoms with Crippen molar-refractivity contribution < 1.29 is 26.3 Å². The van der Waals surface area contributed by atoms with Crippen molar-refractivity contribution in [1.29, 1.82) is 0 Å². The number of anilines is 1. The van der Waals surface area contributed by atoms with Gasteiger partial charge >= 0.3 is 6.18 Å². The summed E-state index contributed by atoms with van der Waals surface area (Å²) in [4.78, 5) is 11.1. The zero-order chi connectivity index (χ0) is 25.5. The monoisotopic (exact) mass is 518 g/mol. The van der Waals surface area contributed by atoms with Crippen LogP contribution in [0.2, 0.25) is 0 Å². The van der Waals surface area contributed by atoms with E-state index < -0.39 is 28.4 Å². The lowest BCUT2D eigenvalue weighted by molar-refractivity contribution is -0.130. The highest BCUT2D eigenvalue weighted by atomic mass is 32.2. The fourth-order valence-corrected chi connectivity index (χ4v) is 6.21. The molecule has 2 saturated heterocycles. The number of hydrogen-bond acceptors (Lipinski definition) is 6. The Morgan fingerprint density at radius 1 is 1.11 bits per heavy atom. The van der Waals surface area contributed by atoms with E-state index in [1.165, 1.54) is 4.31 Å². The molecule has 1 aromatic rings. The summed E-state index contributed by atoms with van der Waals surface area (Å²) in [5.41, 5.74) is 1.05. The molecule has 0 spiro atoms. The number of ether oxygens (including phenoxy) is 1. The number of nitrogens with zero attached hydrogens (tertiary/aromatic N) is 4. The van der Waals surface area contributed by atoms with Gasteiger partial charge in [-0.15, -0.1) is 6.58 Å². The van der Waals surface area contributed by atoms with Crippen molar-refractivity contribution in [3.63, 3.8) is 0 Å². The second kappa shape index (κ2) is 12.5. The standard InChI is InChI=1S/C24H37F3N4O3S/c1-3-20(14-21-4-9-30(10-5-21)23-28-15-19(2)16-29-23)17-34-18-22-6-11-31(12-7-22)35(32,33)13-8-24(25,26)27/h3,15-16,20-22H,1,4-14,17-18H2,2H3/t20-/m0/s1. The quantitative estimate of drug-likeness (QED) is 0.409. The Labute approximate surface area is 206 Å². The molecule has 2 aliphatic heterocycles. The zero-order valence-corrected chi connectivity index (χ0v) is 21.2. The van der Waals surface area contributed by atoms with E-state index in [2.05, 4.69) is 21.4 Å². The van der Waals surface area contributed by atoms with Gasteiger partial charge < -0.3 is 9.64 Å². The number of aromatic nitrogens is 2. The third-order valence-electron chi connectivity index (χ3n) is 6.93. The number of halogens is 3. The van der Waals surface area contributed by atoms with Crippen LogP contribution in [0.4, 0.5) is 19.1 Å². The van der Waals surface area contributed by atoms with Crippen molar-refractivity contribution in [1.82, 2.24) is 14.3 Å². The Morgan fingerprint density at radius 3 is 2.29 bits per heavy atom. The molecule has 1 atom stereocenters. The van der Waals surface area contributed by atoms with Gasteiger partial charge in [-0.05, 0) is 56.4 Å². The molecule has 2 fully saturated rings. The summed E-state index contributed by atoms with van der Waals surface area (Å²) in [5, 5.41) is 0. The molecule has 0 saturated carbocycles. The van der Waals surface area contributed by atoms with E-state index >= 15 is 0 Å². The fourth-order valence-electron chi connectivity index (χ4n) is 4.69. The smallest absolute Gasteiger partial charge is 0.381 e. The number of sulfonamides is 1. The highest BCUT2D eigenvalue weighted by molar-refractivity contribution is 7.89. The van der Waals surface area contributed by atoms with Crippen molar-refractivity contribution in [2.75, 3.05) is 50.0 Å². The van der Waals surface area contributed by atoms with Gasteiger partial charge in [0.15, 0.2) is 0 Å². The molecule has 2 aliphatic rings. The predicted molar refractivity (Wildman–Crippen MR) is 130 cm³/mol. The lowest BCUT2D eigenvalue weighted by atomic mass is 9.87. The predicted octanol–water partition coefficient (Wildman–Crippen LogP) is 4.20. The van der Waals surface area contributed by atoms with Crippen LogP contribution in [0.1, 0.15) is 44.1 Å². The summed E-state index contributed by atoms with van der Waals surface area (Å²) < 4.78 is 68.6. The molecular formula is C24H37F3N4O3S. The SMILES string of the molecule is C=C[C@H](COCC1CCN(S(=O)(=O)CCC(F)(F)F)CC1)CC1CCN(c2ncc(C)cn2)CC1. The molecule has 0 aliphatic carbocycles. The van der Waals surface area contributed by atoms with Gasteiger partial charge in [-0.2, -0.15) is 13.2 Å². The summed E-state index contributed by atoms with van der Waals surface area (Å²) in [7, 11) is -3.87. The van der Waals surface area contributed by atoms with Crippen molar-refractivity contribution in [3.05, 3.63) is 30.6 Å². The van der Waals surface area contributed by atoms with Gasteiger partial charge in [0, 0.05) is 51.1 Å². The molecule has 35 heavy (non-hydrogen) atoms. The fraction of sp³-hybridized carbons (Fsp3) is 0.750. The molecule has 7 nitrogen and oxygen atoms in total. The second-order valence-electron chi connectivity index (χ2n) is 9.78. The lowest BCUT2D eigenvalue weighted by Crippen LogP contribution is -2.41. The highest BCUT2D eigenvalue weighted by Crippen LogP contribution is 2.28. The second-order valence-corrected chi connectivity index (χ2v) is 11.9. The van der Waals surface area contributed by atoms with E-state index in [4.69, 9.17) is 4.74 Å². The van der Waals surface area contributed by atoms with Crippen LogP contribution in [-0.2, 0) is 14.8 Å². The summed E-state index contributed by atoms with van der Waals surface area (Å²) in [6.07, 6.45) is 4.23. The van der Waals surface area contributed by atoms with Gasteiger partial charge in [0.25, 0.3) is 0 Å². The van der Waals surface area contributed by atoms with Crippen LogP contribution in [0.5, 0.6) is 0 Å². The molecule has 0 amide bonds. The maximum absolute atomic E-state index is 12.4. The Hall–Kier alpha value is -1.72. The van der Waals surface area contributed by atoms with E-state index in [9.17, 15) is 21.6 Å². The van der Waals surface area contributed by atoms with E-state index in [-0.39, 0.29) is 24.9 Å². The molecular weight excluding hydrogens is 481 g/mol. The van der Waals surface area contributed by atoms with Gasteiger partial charge in [-0.25, -0.2) is 22.7 Å². The van der Waals surface area contributed by atoms with Crippen LogP contribution in [0.15, 0.2) is 25.0 Å². The van der Waals surface area contributed by atoms with Crippen LogP contribution in [0, 0.1) is 24.7 Å². The first-order chi connectivity index (χ1) is 16.6. The Kier molecular flexibility index (Phi) is 9.94. The summed E-state index contributed by atoms with van der Waals surface area (Å²) in [6, 6.07) is 0. The topological polar surface area (TPSA) is 75.6 Å². The third kappa shape index (κ3) is 9.02. The number of alkyl halides is 3. The maximum atomic E-state index is 12.4. The Morgan fingerprint density at radius 2 is 1.71 bits per heavy atom. The van der Waals surface area contributed by atoms with Gasteiger partial charge in [0.1, 0.15) is 0 Å². The first-order valence-electron chi connectivity index (χ1n) is 12.3. The van der Waals surface area contributed by atoms with Gasteiger partial charge in [0.2, 0.25) is 16.0 Å². The molecule has 0 N–H and O–H groups in total. The molecule has 3 rings (SSSR count). The van der Waals surface area contributed by atoms with Crippen molar-refractivity contribution in [3.8, 4) is 0 Å². The molecule has 11 heteroatoms. The first kappa shape index (κ1) is 27.9. The average Bonchev–Trinajstić information content (AvgIpc) is 2.83. The van der Waals surface area contributed by atoms with Crippen LogP contribution < -0.4 is 4.90 Å². The van der Waals surface area contributed by atoms with E-state index in [1.54, 1.807) is 0 Å². The summed E-state index contributed by atoms with van der Waals surface area (Å²) in [6.45, 7) is 9.43. The molecule has 198 valence electrons. The summed E-state index contributed by atoms with van der Waals surface area (Å²) >= 11 is 0. The average molecular weight is 519 g/mol. The highest BCUT2D eigenvalue weighted by Gasteiger charge is 2.34. The molecule has 3 heterocycles. The number of aryl methyl sites for hydroxylation is 1. The third-order valence-corrected chi connectivity index (χ3v) is 8.80. The van der Waals surface area contributed by atoms with Gasteiger partial charge in [0.05, 0.1) is 18.8 Å². The van der Waals surface area contributed by atoms with E-state index in [0.717, 1.165) is 43.9 Å². The van der Waals surface area contributed by atoms with E-state index in [0.29, 0.717) is 32.0 Å². The minimum absolute atomic E-state index is 0.215. The molecule has 1 aromatic heterocycles. The first-order valence-corrected chi connectivity index (χ1v) is 13.9. The van der Waals surface area contributed by atoms with Crippen LogP contribution in [0.25, 0.3) is 0 Å². The Balaban J connectivity index is 1.33. The molecule has 0 aromatic carbocycles. The Bertz CT molecular complexity index is 896. The van der Waals surface area contributed by atoms with E-state index in [1.807, 2.05) is 25.4 Å². The van der Waals surface area contributed by atoms with Crippen molar-refractivity contribution in [2.24, 2.45) is 17.8 Å². The van der Waals surface area contributed by atoms with Crippen molar-refractivity contribution in [2.45, 2.75) is 51.6 Å². The zero-order valence-electron chi connectivity index (χ0n) is 20.4. The van der Waals surface area contributed by atoms with Crippen molar-refractivity contribution >= 4 is 16.0 Å². The number of hydrogen-bond donors (Lipinski definition) is 0. The summed E-state index contributed by atoms with van der Waals surface area (Å²) in [5.74, 6) is 0.970. The lowest BCUT2D eigenvalue weighted by Gasteiger charge is -2.33. The number of piperidine rings is 2. The largest absolute Gasteiger partial charge is 0.390 e. The van der Waals surface area contributed by atoms with Gasteiger partial charge in [-0.1, -0.05) is 6.08 Å². The maximum Gasteiger partial charge on any atom is 0.390 e. The molecule has 0 bridgehead atoms. The van der Waals surface area contributed by atoms with Crippen LogP contribution in [-0.4, -0.2) is 74.0 Å². The molecule has 0 radical (unpaired) electrons. The minimum atomic E-state index is -4.46. The number of rotatable bonds is 11.